The van der Waals surface area contributed by atoms with Crippen LogP contribution in [0.1, 0.15) is 12.5 Å². The molecule has 0 bridgehead atoms. The summed E-state index contributed by atoms with van der Waals surface area (Å²) >= 11 is 0. The fourth-order valence-electron chi connectivity index (χ4n) is 1.66. The highest BCUT2D eigenvalue weighted by Gasteiger charge is 2.07. The van der Waals surface area contributed by atoms with Gasteiger partial charge in [0, 0.05) is 13.5 Å². The largest absolute Gasteiger partial charge is 0.334 e. The van der Waals surface area contributed by atoms with E-state index in [0.29, 0.717) is 6.54 Å². The lowest BCUT2D eigenvalue weighted by atomic mass is 10.2. The number of carbonyl (C=O) groups excluding carboxylic acids is 2. The van der Waals surface area contributed by atoms with E-state index in [2.05, 4.69) is 25.9 Å². The minimum absolute atomic E-state index is 0.0142. The Labute approximate surface area is 126 Å². The molecule has 1 aromatic carbocycles. The lowest BCUT2D eigenvalue weighted by Crippen LogP contribution is -2.31. The summed E-state index contributed by atoms with van der Waals surface area (Å²) in [5.74, 6) is -0.336. The van der Waals surface area contributed by atoms with Crippen LogP contribution in [0.15, 0.2) is 41.3 Å². The number of hydrogen-bond acceptors (Lipinski definition) is 4. The molecule has 2 rings (SSSR count). The summed E-state index contributed by atoms with van der Waals surface area (Å²) < 4.78 is 0. The van der Waals surface area contributed by atoms with E-state index in [9.17, 15) is 14.4 Å². The van der Waals surface area contributed by atoms with Crippen LogP contribution in [-0.2, 0) is 11.3 Å². The van der Waals surface area contributed by atoms with Crippen LogP contribution in [0.5, 0.6) is 0 Å². The maximum atomic E-state index is 11.7. The second kappa shape index (κ2) is 7.02. The van der Waals surface area contributed by atoms with Crippen LogP contribution < -0.4 is 21.5 Å². The molecular formula is C14H15N5O3. The van der Waals surface area contributed by atoms with Crippen LogP contribution in [0.4, 0.5) is 16.4 Å². The van der Waals surface area contributed by atoms with Crippen molar-refractivity contribution in [2.24, 2.45) is 0 Å². The second-order valence-corrected chi connectivity index (χ2v) is 4.45. The average molecular weight is 301 g/mol. The Morgan fingerprint density at radius 1 is 1.18 bits per heavy atom. The molecule has 0 unspecified atom stereocenters. The zero-order valence-electron chi connectivity index (χ0n) is 11.8. The Balaban J connectivity index is 1.94. The van der Waals surface area contributed by atoms with Gasteiger partial charge in [-0.05, 0) is 5.56 Å². The number of urea groups is 1. The molecule has 22 heavy (non-hydrogen) atoms. The molecule has 8 nitrogen and oxygen atoms in total. The van der Waals surface area contributed by atoms with Gasteiger partial charge in [-0.15, -0.1) is 0 Å². The predicted molar refractivity (Wildman–Crippen MR) is 81.5 cm³/mol. The quantitative estimate of drug-likeness (QED) is 0.675. The number of nitrogens with one attached hydrogen (secondary N) is 4. The molecule has 0 atom stereocenters. The molecule has 2 aromatic rings. The Bertz CT molecular complexity index is 727. The van der Waals surface area contributed by atoms with Gasteiger partial charge in [-0.3, -0.25) is 19.9 Å². The first kappa shape index (κ1) is 15.2. The van der Waals surface area contributed by atoms with Gasteiger partial charge in [0.05, 0.1) is 6.20 Å². The van der Waals surface area contributed by atoms with Gasteiger partial charge in [0.2, 0.25) is 11.9 Å². The van der Waals surface area contributed by atoms with Crippen molar-refractivity contribution >= 4 is 23.6 Å². The number of aromatic nitrogens is 2. The maximum Gasteiger partial charge on any atom is 0.319 e. The predicted octanol–water partition coefficient (Wildman–Crippen LogP) is 1.05. The van der Waals surface area contributed by atoms with Crippen molar-refractivity contribution in [3.8, 4) is 0 Å². The van der Waals surface area contributed by atoms with Crippen LogP contribution in [-0.4, -0.2) is 21.9 Å². The summed E-state index contributed by atoms with van der Waals surface area (Å²) in [7, 11) is 0. The molecule has 0 aliphatic heterocycles. The van der Waals surface area contributed by atoms with Crippen molar-refractivity contribution in [3.63, 3.8) is 0 Å². The van der Waals surface area contributed by atoms with E-state index in [-0.39, 0.29) is 17.5 Å². The molecule has 114 valence electrons. The SMILES string of the molecule is CC(=O)Nc1ncc(NC(=O)NCc2ccccc2)c(=O)[nH]1. The summed E-state index contributed by atoms with van der Waals surface area (Å²) in [6.07, 6.45) is 1.17. The number of aromatic amines is 1. The monoisotopic (exact) mass is 301 g/mol. The van der Waals surface area contributed by atoms with Crippen molar-refractivity contribution in [3.05, 3.63) is 52.4 Å². The third kappa shape index (κ3) is 4.44. The van der Waals surface area contributed by atoms with Crippen molar-refractivity contribution in [1.82, 2.24) is 15.3 Å². The van der Waals surface area contributed by atoms with Crippen molar-refractivity contribution < 1.29 is 9.59 Å². The van der Waals surface area contributed by atoms with E-state index in [1.807, 2.05) is 30.3 Å². The van der Waals surface area contributed by atoms with Crippen LogP contribution in [0.2, 0.25) is 0 Å². The first-order chi connectivity index (χ1) is 10.5. The van der Waals surface area contributed by atoms with E-state index >= 15 is 0 Å². The summed E-state index contributed by atoms with van der Waals surface area (Å²) in [5, 5.41) is 7.35. The highest BCUT2D eigenvalue weighted by Crippen LogP contribution is 2.01. The normalized spacial score (nSPS) is 9.86. The number of amides is 3. The Hall–Kier alpha value is -3.16. The summed E-state index contributed by atoms with van der Waals surface area (Å²) in [6, 6.07) is 8.83. The maximum absolute atomic E-state index is 11.7. The molecule has 0 saturated carbocycles. The fraction of sp³-hybridized carbons (Fsp3) is 0.143. The van der Waals surface area contributed by atoms with E-state index in [0.717, 1.165) is 5.56 Å². The lowest BCUT2D eigenvalue weighted by Gasteiger charge is -2.07. The number of hydrogen-bond donors (Lipinski definition) is 4. The van der Waals surface area contributed by atoms with Crippen LogP contribution in [0.3, 0.4) is 0 Å². The third-order valence-electron chi connectivity index (χ3n) is 2.64. The summed E-state index contributed by atoms with van der Waals surface area (Å²) in [6.45, 7) is 1.63. The minimum Gasteiger partial charge on any atom is -0.334 e. The van der Waals surface area contributed by atoms with Crippen molar-refractivity contribution in [2.75, 3.05) is 10.6 Å². The number of rotatable bonds is 4. The number of nitrogens with zero attached hydrogens (tertiary/aromatic N) is 1. The topological polar surface area (TPSA) is 116 Å². The number of H-pyrrole nitrogens is 1. The van der Waals surface area contributed by atoms with Crippen LogP contribution in [0, 0.1) is 0 Å². The highest BCUT2D eigenvalue weighted by atomic mass is 16.2. The smallest absolute Gasteiger partial charge is 0.319 e. The number of anilines is 2. The van der Waals surface area contributed by atoms with Gasteiger partial charge in [0.1, 0.15) is 5.69 Å². The number of benzene rings is 1. The Morgan fingerprint density at radius 3 is 2.55 bits per heavy atom. The summed E-state index contributed by atoms with van der Waals surface area (Å²) in [5.41, 5.74) is 0.360. The van der Waals surface area contributed by atoms with Gasteiger partial charge in [0.25, 0.3) is 5.56 Å². The average Bonchev–Trinajstić information content (AvgIpc) is 2.48. The van der Waals surface area contributed by atoms with E-state index in [1.165, 1.54) is 13.1 Å². The molecule has 0 radical (unpaired) electrons. The molecule has 0 fully saturated rings. The molecule has 4 N–H and O–H groups in total. The van der Waals surface area contributed by atoms with Crippen LogP contribution in [0.25, 0.3) is 0 Å². The zero-order chi connectivity index (χ0) is 15.9. The summed E-state index contributed by atoms with van der Waals surface area (Å²) in [4.78, 5) is 40.5. The minimum atomic E-state index is -0.561. The van der Waals surface area contributed by atoms with Crippen molar-refractivity contribution in [2.45, 2.75) is 13.5 Å². The fourth-order valence-corrected chi connectivity index (χ4v) is 1.66. The third-order valence-corrected chi connectivity index (χ3v) is 2.64. The number of carbonyl (C=O) groups is 2. The van der Waals surface area contributed by atoms with Crippen LogP contribution >= 0.6 is 0 Å². The lowest BCUT2D eigenvalue weighted by molar-refractivity contribution is -0.114. The molecule has 8 heteroatoms. The van der Waals surface area contributed by atoms with Crippen molar-refractivity contribution in [1.29, 1.82) is 0 Å². The molecule has 0 spiro atoms. The molecule has 1 heterocycles. The van der Waals surface area contributed by atoms with Gasteiger partial charge >= 0.3 is 6.03 Å². The first-order valence-corrected chi connectivity index (χ1v) is 6.50. The first-order valence-electron chi connectivity index (χ1n) is 6.50. The Kier molecular flexibility index (Phi) is 4.86. The van der Waals surface area contributed by atoms with Gasteiger partial charge in [-0.1, -0.05) is 30.3 Å². The van der Waals surface area contributed by atoms with Gasteiger partial charge in [-0.2, -0.15) is 0 Å². The molecule has 0 aliphatic rings. The second-order valence-electron chi connectivity index (χ2n) is 4.45. The standard InChI is InChI=1S/C14H15N5O3/c1-9(20)17-13-15-8-11(12(21)19-13)18-14(22)16-7-10-5-3-2-4-6-10/h2-6,8H,7H2,1H3,(H2,16,18,22)(H2,15,17,19,20,21). The molecule has 1 aromatic heterocycles. The van der Waals surface area contributed by atoms with Gasteiger partial charge in [-0.25, -0.2) is 9.78 Å². The van der Waals surface area contributed by atoms with E-state index in [1.54, 1.807) is 0 Å². The molecule has 3 amide bonds. The molecule has 0 aliphatic carbocycles. The van der Waals surface area contributed by atoms with Gasteiger partial charge in [0.15, 0.2) is 0 Å². The highest BCUT2D eigenvalue weighted by molar-refractivity contribution is 5.89. The molecular weight excluding hydrogens is 286 g/mol. The molecule has 0 saturated heterocycles. The van der Waals surface area contributed by atoms with E-state index in [4.69, 9.17) is 0 Å². The van der Waals surface area contributed by atoms with Gasteiger partial charge < -0.3 is 10.6 Å². The van der Waals surface area contributed by atoms with E-state index < -0.39 is 11.6 Å². The zero-order valence-corrected chi connectivity index (χ0v) is 11.8. The Morgan fingerprint density at radius 2 is 1.91 bits per heavy atom.